The number of carbonyl (C=O) groups excluding carboxylic acids is 1. The number of halogens is 2. The molecule has 0 spiro atoms. The summed E-state index contributed by atoms with van der Waals surface area (Å²) in [5, 5.41) is 0.498. The molecular weight excluding hydrogens is 338 g/mol. The number of ketones is 1. The van der Waals surface area contributed by atoms with E-state index in [4.69, 9.17) is 11.6 Å². The summed E-state index contributed by atoms with van der Waals surface area (Å²) in [6.45, 7) is 2.30. The smallest absolute Gasteiger partial charge is 0.161 e. The van der Waals surface area contributed by atoms with Crippen LogP contribution in [0.15, 0.2) is 46.9 Å². The third-order valence-electron chi connectivity index (χ3n) is 3.11. The van der Waals surface area contributed by atoms with Crippen molar-refractivity contribution in [3.05, 3.63) is 63.1 Å². The van der Waals surface area contributed by atoms with Crippen molar-refractivity contribution in [1.29, 1.82) is 0 Å². The highest BCUT2D eigenvalue weighted by molar-refractivity contribution is 9.10. The summed E-state index contributed by atoms with van der Waals surface area (Å²) >= 11 is 9.56. The van der Waals surface area contributed by atoms with E-state index in [1.807, 2.05) is 31.3 Å². The maximum Gasteiger partial charge on any atom is 0.161 e. The Labute approximate surface area is 132 Å². The lowest BCUT2D eigenvalue weighted by Gasteiger charge is -2.20. The second-order valence-corrected chi connectivity index (χ2v) is 6.03. The molecule has 0 radical (unpaired) electrons. The van der Waals surface area contributed by atoms with Gasteiger partial charge in [-0.15, -0.1) is 0 Å². The molecule has 4 heteroatoms. The van der Waals surface area contributed by atoms with E-state index in [1.54, 1.807) is 6.07 Å². The fourth-order valence-corrected chi connectivity index (χ4v) is 2.55. The van der Waals surface area contributed by atoms with E-state index < -0.39 is 0 Å². The molecule has 0 saturated heterocycles. The molecule has 0 heterocycles. The van der Waals surface area contributed by atoms with Gasteiger partial charge < -0.3 is 4.90 Å². The molecule has 0 bridgehead atoms. The van der Waals surface area contributed by atoms with Crippen molar-refractivity contribution in [2.24, 2.45) is 0 Å². The molecular formula is C16H15BrClNO. The summed E-state index contributed by atoms with van der Waals surface area (Å²) in [4.78, 5) is 13.5. The van der Waals surface area contributed by atoms with Gasteiger partial charge in [-0.1, -0.05) is 39.7 Å². The molecule has 0 aliphatic carbocycles. The fraction of sp³-hybridized carbons (Fsp3) is 0.188. The van der Waals surface area contributed by atoms with Gasteiger partial charge in [0.1, 0.15) is 0 Å². The number of nitrogens with zero attached hydrogens (tertiary/aromatic N) is 1. The largest absolute Gasteiger partial charge is 0.370 e. The summed E-state index contributed by atoms with van der Waals surface area (Å²) in [5.41, 5.74) is 2.76. The van der Waals surface area contributed by atoms with Gasteiger partial charge in [-0.3, -0.25) is 4.79 Å². The van der Waals surface area contributed by atoms with Gasteiger partial charge in [-0.25, -0.2) is 0 Å². The minimum absolute atomic E-state index is 0.0166. The van der Waals surface area contributed by atoms with Crippen LogP contribution in [-0.2, 0) is 6.54 Å². The molecule has 0 atom stereocenters. The van der Waals surface area contributed by atoms with Gasteiger partial charge in [0.25, 0.3) is 0 Å². The Balaban J connectivity index is 2.17. The highest BCUT2D eigenvalue weighted by Crippen LogP contribution is 2.24. The molecule has 20 heavy (non-hydrogen) atoms. The fourth-order valence-electron chi connectivity index (χ4n) is 1.98. The zero-order valence-corrected chi connectivity index (χ0v) is 13.7. The SMILES string of the molecule is CC(=O)c1ccc(N(C)Cc2ccc(Br)cc2)cc1Cl. The lowest BCUT2D eigenvalue weighted by Crippen LogP contribution is -2.16. The number of rotatable bonds is 4. The van der Waals surface area contributed by atoms with Crippen LogP contribution >= 0.6 is 27.5 Å². The minimum Gasteiger partial charge on any atom is -0.370 e. The number of hydrogen-bond donors (Lipinski definition) is 0. The number of Topliss-reactive ketones (excluding diaryl/α,β-unsaturated/α-hetero) is 1. The van der Waals surface area contributed by atoms with E-state index in [1.165, 1.54) is 12.5 Å². The minimum atomic E-state index is -0.0166. The van der Waals surface area contributed by atoms with Crippen molar-refractivity contribution in [1.82, 2.24) is 0 Å². The first-order valence-corrected chi connectivity index (χ1v) is 7.40. The third-order valence-corrected chi connectivity index (χ3v) is 3.95. The van der Waals surface area contributed by atoms with Gasteiger partial charge in [0.05, 0.1) is 5.02 Å². The van der Waals surface area contributed by atoms with Gasteiger partial charge >= 0.3 is 0 Å². The van der Waals surface area contributed by atoms with Gasteiger partial charge in [-0.05, 0) is 42.8 Å². The van der Waals surface area contributed by atoms with Crippen molar-refractivity contribution in [2.45, 2.75) is 13.5 Å². The predicted octanol–water partition coefficient (Wildman–Crippen LogP) is 4.94. The lowest BCUT2D eigenvalue weighted by atomic mass is 10.1. The Bertz CT molecular complexity index is 625. The Morgan fingerprint density at radius 3 is 2.40 bits per heavy atom. The Hall–Kier alpha value is -1.32. The molecule has 0 aliphatic rings. The lowest BCUT2D eigenvalue weighted by molar-refractivity contribution is 0.101. The van der Waals surface area contributed by atoms with Crippen LogP contribution in [-0.4, -0.2) is 12.8 Å². The van der Waals surface area contributed by atoms with Crippen molar-refractivity contribution >= 4 is 39.0 Å². The van der Waals surface area contributed by atoms with E-state index >= 15 is 0 Å². The van der Waals surface area contributed by atoms with Crippen molar-refractivity contribution in [2.75, 3.05) is 11.9 Å². The maximum atomic E-state index is 11.4. The first-order valence-electron chi connectivity index (χ1n) is 6.23. The average Bonchev–Trinajstić information content (AvgIpc) is 2.40. The van der Waals surface area contributed by atoms with E-state index in [9.17, 15) is 4.79 Å². The van der Waals surface area contributed by atoms with Crippen LogP contribution in [0.25, 0.3) is 0 Å². The standard InChI is InChI=1S/C16H15BrClNO/c1-11(20)15-8-7-14(9-16(15)18)19(2)10-12-3-5-13(17)6-4-12/h3-9H,10H2,1-2H3. The van der Waals surface area contributed by atoms with Crippen LogP contribution in [0, 0.1) is 0 Å². The monoisotopic (exact) mass is 351 g/mol. The molecule has 0 amide bonds. The van der Waals surface area contributed by atoms with Crippen LogP contribution in [0.4, 0.5) is 5.69 Å². The number of hydrogen-bond acceptors (Lipinski definition) is 2. The van der Waals surface area contributed by atoms with Crippen LogP contribution in [0.1, 0.15) is 22.8 Å². The molecule has 2 rings (SSSR count). The number of carbonyl (C=O) groups is 1. The highest BCUT2D eigenvalue weighted by Gasteiger charge is 2.09. The van der Waals surface area contributed by atoms with Gasteiger partial charge in [-0.2, -0.15) is 0 Å². The van der Waals surface area contributed by atoms with E-state index in [0.717, 1.165) is 16.7 Å². The molecule has 2 aromatic carbocycles. The van der Waals surface area contributed by atoms with Crippen molar-refractivity contribution < 1.29 is 4.79 Å². The zero-order valence-electron chi connectivity index (χ0n) is 11.4. The Kier molecular flexibility index (Phi) is 4.84. The van der Waals surface area contributed by atoms with Crippen molar-refractivity contribution in [3.8, 4) is 0 Å². The Morgan fingerprint density at radius 1 is 1.20 bits per heavy atom. The van der Waals surface area contributed by atoms with Crippen LogP contribution < -0.4 is 4.90 Å². The van der Waals surface area contributed by atoms with Crippen LogP contribution in [0.3, 0.4) is 0 Å². The zero-order chi connectivity index (χ0) is 14.7. The normalized spacial score (nSPS) is 10.4. The van der Waals surface area contributed by atoms with E-state index in [0.29, 0.717) is 10.6 Å². The second kappa shape index (κ2) is 6.42. The maximum absolute atomic E-state index is 11.4. The molecule has 2 nitrogen and oxygen atoms in total. The Morgan fingerprint density at radius 2 is 1.85 bits per heavy atom. The van der Waals surface area contributed by atoms with Crippen LogP contribution in [0.5, 0.6) is 0 Å². The highest BCUT2D eigenvalue weighted by atomic mass is 79.9. The molecule has 2 aromatic rings. The third kappa shape index (κ3) is 3.62. The molecule has 0 aliphatic heterocycles. The summed E-state index contributed by atoms with van der Waals surface area (Å²) in [6, 6.07) is 13.7. The molecule has 0 aromatic heterocycles. The first-order chi connectivity index (χ1) is 9.47. The summed E-state index contributed by atoms with van der Waals surface area (Å²) in [7, 11) is 2.00. The number of anilines is 1. The molecule has 0 unspecified atom stereocenters. The summed E-state index contributed by atoms with van der Waals surface area (Å²) in [5.74, 6) is -0.0166. The molecule has 0 N–H and O–H groups in total. The average molecular weight is 353 g/mol. The summed E-state index contributed by atoms with van der Waals surface area (Å²) in [6.07, 6.45) is 0. The molecule has 104 valence electrons. The topological polar surface area (TPSA) is 20.3 Å². The second-order valence-electron chi connectivity index (χ2n) is 4.70. The van der Waals surface area contributed by atoms with Gasteiger partial charge in [0.2, 0.25) is 0 Å². The van der Waals surface area contributed by atoms with Crippen LogP contribution in [0.2, 0.25) is 5.02 Å². The molecule has 0 saturated carbocycles. The predicted molar refractivity (Wildman–Crippen MR) is 87.7 cm³/mol. The quantitative estimate of drug-likeness (QED) is 0.726. The van der Waals surface area contributed by atoms with E-state index in [-0.39, 0.29) is 5.78 Å². The number of benzene rings is 2. The van der Waals surface area contributed by atoms with Gasteiger partial charge in [0.15, 0.2) is 5.78 Å². The van der Waals surface area contributed by atoms with Crippen molar-refractivity contribution in [3.63, 3.8) is 0 Å². The van der Waals surface area contributed by atoms with Gasteiger partial charge in [0, 0.05) is 29.3 Å². The van der Waals surface area contributed by atoms with E-state index in [2.05, 4.69) is 33.0 Å². The summed E-state index contributed by atoms with van der Waals surface area (Å²) < 4.78 is 1.07. The first kappa shape index (κ1) is 15.1. The molecule has 0 fully saturated rings.